The van der Waals surface area contributed by atoms with E-state index in [1.807, 2.05) is 7.05 Å². The van der Waals surface area contributed by atoms with E-state index in [1.165, 1.54) is 11.1 Å². The number of rotatable bonds is 4. The van der Waals surface area contributed by atoms with Crippen molar-refractivity contribution in [2.24, 2.45) is 0 Å². The Morgan fingerprint density at radius 1 is 1.47 bits per heavy atom. The number of piperazine rings is 1. The Bertz CT molecular complexity index is 422. The Balaban J connectivity index is 2.32. The summed E-state index contributed by atoms with van der Waals surface area (Å²) in [4.78, 5) is 2.42. The highest BCUT2D eigenvalue weighted by Gasteiger charge is 2.29. The van der Waals surface area contributed by atoms with Gasteiger partial charge in [0.05, 0.1) is 13.2 Å². The van der Waals surface area contributed by atoms with Crippen molar-refractivity contribution in [2.45, 2.75) is 19.0 Å². The largest absolute Gasteiger partial charge is 0.496 e. The number of hydrogen-bond donors (Lipinski definition) is 2. The average Bonchev–Trinajstić information content (AvgIpc) is 2.42. The van der Waals surface area contributed by atoms with E-state index < -0.39 is 0 Å². The maximum absolute atomic E-state index is 5.53. The first kappa shape index (κ1) is 14.3. The molecule has 0 radical (unpaired) electrons. The summed E-state index contributed by atoms with van der Waals surface area (Å²) in [6.07, 6.45) is 0. The van der Waals surface area contributed by atoms with Gasteiger partial charge in [0.25, 0.3) is 0 Å². The molecule has 1 heterocycles. The molecule has 2 N–H and O–H groups in total. The third-order valence-electron chi connectivity index (χ3n) is 3.98. The van der Waals surface area contributed by atoms with Crippen molar-refractivity contribution in [3.63, 3.8) is 0 Å². The molecule has 0 saturated carbocycles. The number of hydrogen-bond acceptors (Lipinski definition) is 4. The maximum atomic E-state index is 5.53. The summed E-state index contributed by atoms with van der Waals surface area (Å²) in [6.45, 7) is 5.27. The molecule has 4 nitrogen and oxygen atoms in total. The summed E-state index contributed by atoms with van der Waals surface area (Å²) in [5.74, 6) is 0.962. The minimum Gasteiger partial charge on any atom is -0.496 e. The summed E-state index contributed by atoms with van der Waals surface area (Å²) >= 11 is 0. The van der Waals surface area contributed by atoms with Crippen LogP contribution in [0.3, 0.4) is 0 Å². The van der Waals surface area contributed by atoms with Crippen molar-refractivity contribution in [1.29, 1.82) is 0 Å². The number of ether oxygens (including phenoxy) is 1. The molecule has 1 aliphatic rings. The van der Waals surface area contributed by atoms with Crippen LogP contribution in [0.4, 0.5) is 0 Å². The lowest BCUT2D eigenvalue weighted by Crippen LogP contribution is -2.54. The van der Waals surface area contributed by atoms with Gasteiger partial charge in [-0.2, -0.15) is 0 Å². The fraction of sp³-hybridized carbons (Fsp3) is 0.600. The average molecular weight is 263 g/mol. The van der Waals surface area contributed by atoms with Crippen LogP contribution >= 0.6 is 0 Å². The molecule has 2 unspecified atom stereocenters. The van der Waals surface area contributed by atoms with Gasteiger partial charge in [-0.1, -0.05) is 17.7 Å². The van der Waals surface area contributed by atoms with Crippen LogP contribution in [-0.2, 0) is 0 Å². The van der Waals surface area contributed by atoms with Gasteiger partial charge in [-0.3, -0.25) is 4.90 Å². The van der Waals surface area contributed by atoms with E-state index in [2.05, 4.69) is 47.7 Å². The number of aryl methyl sites for hydroxylation is 1. The fourth-order valence-electron chi connectivity index (χ4n) is 2.85. The van der Waals surface area contributed by atoms with Gasteiger partial charge in [-0.05, 0) is 27.1 Å². The van der Waals surface area contributed by atoms with E-state index in [0.717, 1.165) is 25.4 Å². The highest BCUT2D eigenvalue weighted by molar-refractivity contribution is 5.40. The highest BCUT2D eigenvalue weighted by atomic mass is 16.5. The standard InChI is InChI=1S/C15H25N3O/c1-11-5-6-14(19-4)12(9-11)15(16-2)13-10-17-7-8-18(13)3/h5-6,9,13,15-17H,7-8,10H2,1-4H3. The monoisotopic (exact) mass is 263 g/mol. The maximum Gasteiger partial charge on any atom is 0.123 e. The van der Waals surface area contributed by atoms with Crippen molar-refractivity contribution in [3.8, 4) is 5.75 Å². The third kappa shape index (κ3) is 3.08. The van der Waals surface area contributed by atoms with Crippen molar-refractivity contribution in [3.05, 3.63) is 29.3 Å². The Morgan fingerprint density at radius 2 is 2.26 bits per heavy atom. The summed E-state index contributed by atoms with van der Waals surface area (Å²) < 4.78 is 5.53. The van der Waals surface area contributed by atoms with E-state index in [0.29, 0.717) is 6.04 Å². The first-order valence-electron chi connectivity index (χ1n) is 6.90. The number of methoxy groups -OCH3 is 1. The SMILES string of the molecule is CNC(c1cc(C)ccc1OC)C1CNCCN1C. The molecule has 19 heavy (non-hydrogen) atoms. The second kappa shape index (κ2) is 6.37. The minimum absolute atomic E-state index is 0.271. The summed E-state index contributed by atoms with van der Waals surface area (Å²) in [5.41, 5.74) is 2.51. The molecule has 1 aromatic rings. The molecule has 4 heteroatoms. The molecule has 0 aromatic heterocycles. The quantitative estimate of drug-likeness (QED) is 0.855. The van der Waals surface area contributed by atoms with Crippen LogP contribution in [0.2, 0.25) is 0 Å². The molecule has 0 amide bonds. The van der Waals surface area contributed by atoms with E-state index in [-0.39, 0.29) is 6.04 Å². The van der Waals surface area contributed by atoms with Crippen LogP contribution in [0.1, 0.15) is 17.2 Å². The van der Waals surface area contributed by atoms with Crippen LogP contribution in [0.5, 0.6) is 5.75 Å². The summed E-state index contributed by atoms with van der Waals surface area (Å²) in [6, 6.07) is 7.09. The lowest BCUT2D eigenvalue weighted by molar-refractivity contribution is 0.160. The number of nitrogens with zero attached hydrogens (tertiary/aromatic N) is 1. The van der Waals surface area contributed by atoms with E-state index in [9.17, 15) is 0 Å². The molecule has 2 rings (SSSR count). The zero-order chi connectivity index (χ0) is 13.8. The highest BCUT2D eigenvalue weighted by Crippen LogP contribution is 2.30. The molecular formula is C15H25N3O. The Hall–Kier alpha value is -1.10. The van der Waals surface area contributed by atoms with Gasteiger partial charge in [0.15, 0.2) is 0 Å². The lowest BCUT2D eigenvalue weighted by atomic mass is 9.95. The normalized spacial score (nSPS) is 22.2. The molecular weight excluding hydrogens is 238 g/mol. The Labute approximate surface area is 116 Å². The minimum atomic E-state index is 0.271. The van der Waals surface area contributed by atoms with Gasteiger partial charge in [-0.25, -0.2) is 0 Å². The van der Waals surface area contributed by atoms with Crippen molar-refractivity contribution >= 4 is 0 Å². The number of benzene rings is 1. The van der Waals surface area contributed by atoms with Gasteiger partial charge in [0.2, 0.25) is 0 Å². The topological polar surface area (TPSA) is 36.5 Å². The predicted molar refractivity (Wildman–Crippen MR) is 78.8 cm³/mol. The predicted octanol–water partition coefficient (Wildman–Crippen LogP) is 1.17. The zero-order valence-corrected chi connectivity index (χ0v) is 12.4. The molecule has 106 valence electrons. The van der Waals surface area contributed by atoms with Gasteiger partial charge in [-0.15, -0.1) is 0 Å². The molecule has 1 aromatic carbocycles. The molecule has 2 atom stereocenters. The second-order valence-corrected chi connectivity index (χ2v) is 5.26. The Kier molecular flexibility index (Phi) is 4.80. The molecule has 0 spiro atoms. The number of likely N-dealkylation sites (N-methyl/N-ethyl adjacent to an activating group) is 2. The Morgan fingerprint density at radius 3 is 2.89 bits per heavy atom. The lowest BCUT2D eigenvalue weighted by Gasteiger charge is -2.39. The van der Waals surface area contributed by atoms with Crippen LogP contribution in [0, 0.1) is 6.92 Å². The zero-order valence-electron chi connectivity index (χ0n) is 12.4. The van der Waals surface area contributed by atoms with Gasteiger partial charge >= 0.3 is 0 Å². The summed E-state index contributed by atoms with van der Waals surface area (Å²) in [5, 5.41) is 6.94. The van der Waals surface area contributed by atoms with Crippen molar-refractivity contribution in [2.75, 3.05) is 40.8 Å². The van der Waals surface area contributed by atoms with Gasteiger partial charge in [0.1, 0.15) is 5.75 Å². The van der Waals surface area contributed by atoms with Crippen LogP contribution < -0.4 is 15.4 Å². The smallest absolute Gasteiger partial charge is 0.123 e. The summed E-state index contributed by atoms with van der Waals surface area (Å²) in [7, 11) is 5.96. The first-order valence-corrected chi connectivity index (χ1v) is 6.90. The van der Waals surface area contributed by atoms with Gasteiger partial charge < -0.3 is 15.4 Å². The first-order chi connectivity index (χ1) is 9.17. The van der Waals surface area contributed by atoms with E-state index >= 15 is 0 Å². The second-order valence-electron chi connectivity index (χ2n) is 5.26. The van der Waals surface area contributed by atoms with Crippen LogP contribution in [0.25, 0.3) is 0 Å². The van der Waals surface area contributed by atoms with Gasteiger partial charge in [0, 0.05) is 31.2 Å². The number of nitrogens with one attached hydrogen (secondary N) is 2. The fourth-order valence-corrected chi connectivity index (χ4v) is 2.85. The van der Waals surface area contributed by atoms with Crippen LogP contribution in [0.15, 0.2) is 18.2 Å². The molecule has 0 aliphatic carbocycles. The molecule has 0 bridgehead atoms. The van der Waals surface area contributed by atoms with Crippen molar-refractivity contribution in [1.82, 2.24) is 15.5 Å². The molecule has 1 saturated heterocycles. The third-order valence-corrected chi connectivity index (χ3v) is 3.98. The van der Waals surface area contributed by atoms with Crippen LogP contribution in [-0.4, -0.2) is 51.8 Å². The van der Waals surface area contributed by atoms with Crippen molar-refractivity contribution < 1.29 is 4.74 Å². The molecule has 1 fully saturated rings. The van der Waals surface area contributed by atoms with E-state index in [1.54, 1.807) is 7.11 Å². The molecule has 1 aliphatic heterocycles. The van der Waals surface area contributed by atoms with E-state index in [4.69, 9.17) is 4.74 Å².